The van der Waals surface area contributed by atoms with Gasteiger partial charge < -0.3 is 24.5 Å². The van der Waals surface area contributed by atoms with Crippen LogP contribution < -0.4 is 5.32 Å². The fourth-order valence-corrected chi connectivity index (χ4v) is 5.80. The van der Waals surface area contributed by atoms with Crippen molar-refractivity contribution in [2.24, 2.45) is 0 Å². The summed E-state index contributed by atoms with van der Waals surface area (Å²) >= 11 is 1.38. The molecule has 180 valence electrons. The number of aliphatic carboxylic acids is 1. The molecule has 0 spiro atoms. The molecule has 1 fully saturated rings. The third-order valence-electron chi connectivity index (χ3n) is 6.32. The van der Waals surface area contributed by atoms with Gasteiger partial charge in [-0.3, -0.25) is 4.79 Å². The van der Waals surface area contributed by atoms with Crippen molar-refractivity contribution in [1.29, 1.82) is 0 Å². The number of aromatic nitrogens is 1. The largest absolute Gasteiger partial charge is 0.480 e. The number of carboxylic acids is 1. The molecule has 1 aliphatic carbocycles. The first-order chi connectivity index (χ1) is 17.0. The van der Waals surface area contributed by atoms with Gasteiger partial charge in [0.25, 0.3) is 5.91 Å². The van der Waals surface area contributed by atoms with E-state index in [4.69, 9.17) is 9.15 Å². The molecule has 35 heavy (non-hydrogen) atoms. The fraction of sp³-hybridized carbons (Fsp3) is 0.280. The number of thioether (sulfide) groups is 1. The van der Waals surface area contributed by atoms with E-state index >= 15 is 0 Å². The lowest BCUT2D eigenvalue weighted by Gasteiger charge is -2.24. The van der Waals surface area contributed by atoms with Crippen molar-refractivity contribution in [1.82, 2.24) is 15.2 Å². The van der Waals surface area contributed by atoms with E-state index in [0.717, 1.165) is 28.6 Å². The number of fused-ring (bicyclic) bond motifs is 3. The van der Waals surface area contributed by atoms with E-state index < -0.39 is 24.0 Å². The lowest BCUT2D eigenvalue weighted by molar-refractivity contribution is -0.141. The van der Waals surface area contributed by atoms with Gasteiger partial charge in [-0.15, -0.1) is 11.8 Å². The van der Waals surface area contributed by atoms with E-state index in [-0.39, 0.29) is 35.9 Å². The molecule has 1 aliphatic heterocycles. The van der Waals surface area contributed by atoms with Gasteiger partial charge in [-0.1, -0.05) is 48.5 Å². The van der Waals surface area contributed by atoms with Crippen LogP contribution in [0.5, 0.6) is 0 Å². The van der Waals surface area contributed by atoms with E-state index in [1.54, 1.807) is 6.92 Å². The molecule has 2 unspecified atom stereocenters. The Labute approximate surface area is 205 Å². The highest BCUT2D eigenvalue weighted by atomic mass is 32.2. The predicted octanol–water partition coefficient (Wildman–Crippen LogP) is 3.70. The average molecular weight is 494 g/mol. The Bertz CT molecular complexity index is 1250. The Kier molecular flexibility index (Phi) is 6.21. The molecule has 2 atom stereocenters. The fourth-order valence-electron chi connectivity index (χ4n) is 4.64. The van der Waals surface area contributed by atoms with Crippen molar-refractivity contribution in [3.05, 3.63) is 77.5 Å². The number of benzene rings is 2. The van der Waals surface area contributed by atoms with Crippen LogP contribution in [0.25, 0.3) is 11.1 Å². The summed E-state index contributed by atoms with van der Waals surface area (Å²) in [5.74, 6) is -1.26. The number of oxazole rings is 1. The van der Waals surface area contributed by atoms with Crippen molar-refractivity contribution < 1.29 is 28.6 Å². The molecule has 0 bridgehead atoms. The number of amides is 2. The summed E-state index contributed by atoms with van der Waals surface area (Å²) < 4.78 is 10.8. The monoisotopic (exact) mass is 493 g/mol. The summed E-state index contributed by atoms with van der Waals surface area (Å²) in [4.78, 5) is 42.3. The van der Waals surface area contributed by atoms with E-state index in [1.165, 1.54) is 16.7 Å². The zero-order chi connectivity index (χ0) is 24.5. The minimum Gasteiger partial charge on any atom is -0.480 e. The molecule has 2 aromatic carbocycles. The van der Waals surface area contributed by atoms with Crippen molar-refractivity contribution in [2.45, 2.75) is 30.8 Å². The van der Waals surface area contributed by atoms with Crippen molar-refractivity contribution in [3.63, 3.8) is 0 Å². The number of hydrogen-bond donors (Lipinski definition) is 2. The van der Waals surface area contributed by atoms with Crippen LogP contribution in [0.1, 0.15) is 40.2 Å². The normalized spacial score (nSPS) is 18.7. The predicted molar refractivity (Wildman–Crippen MR) is 128 cm³/mol. The molecule has 0 radical (unpaired) electrons. The van der Waals surface area contributed by atoms with Crippen LogP contribution in [0.2, 0.25) is 0 Å². The number of carbonyl (C=O) groups is 3. The Morgan fingerprint density at radius 3 is 2.46 bits per heavy atom. The Balaban J connectivity index is 1.22. The first-order valence-corrected chi connectivity index (χ1v) is 12.2. The molecule has 5 rings (SSSR count). The number of nitrogens with one attached hydrogen (secondary N) is 1. The van der Waals surface area contributed by atoms with Gasteiger partial charge in [0.2, 0.25) is 0 Å². The van der Waals surface area contributed by atoms with Gasteiger partial charge in [0, 0.05) is 11.7 Å². The first kappa shape index (κ1) is 23.0. The summed E-state index contributed by atoms with van der Waals surface area (Å²) in [7, 11) is 0. The Hall–Kier alpha value is -3.79. The van der Waals surface area contributed by atoms with Crippen LogP contribution in [-0.2, 0) is 16.1 Å². The lowest BCUT2D eigenvalue weighted by Crippen LogP contribution is -2.45. The van der Waals surface area contributed by atoms with Gasteiger partial charge in [-0.25, -0.2) is 14.6 Å². The van der Waals surface area contributed by atoms with Gasteiger partial charge in [-0.05, 0) is 29.2 Å². The van der Waals surface area contributed by atoms with Crippen molar-refractivity contribution >= 4 is 29.7 Å². The maximum absolute atomic E-state index is 13.0. The molecular weight excluding hydrogens is 470 g/mol. The van der Waals surface area contributed by atoms with Gasteiger partial charge in [0.05, 0.1) is 11.9 Å². The van der Waals surface area contributed by atoms with Crippen LogP contribution >= 0.6 is 11.8 Å². The quantitative estimate of drug-likeness (QED) is 0.533. The van der Waals surface area contributed by atoms with Crippen LogP contribution in [0.15, 0.2) is 59.3 Å². The maximum atomic E-state index is 13.0. The van der Waals surface area contributed by atoms with Crippen LogP contribution in [0, 0.1) is 0 Å². The molecule has 0 saturated carbocycles. The molecule has 2 aliphatic rings. The molecule has 1 aromatic heterocycles. The summed E-state index contributed by atoms with van der Waals surface area (Å²) in [5.41, 5.74) is 4.46. The third kappa shape index (κ3) is 4.25. The number of alkyl carbamates (subject to hydrolysis) is 1. The standard InChI is InChI=1S/C25H23N3O6S/c1-14-28(20(12-35-14)24(30)31)23(29)22-21(34-13-27-22)10-26-25(32)33-11-19-17-8-4-2-6-15(17)16-7-3-5-9-18(16)19/h2-9,13-14,19-20H,10-12H2,1H3,(H,26,32)(H,30,31). The molecule has 2 amide bonds. The van der Waals surface area contributed by atoms with Crippen LogP contribution in [-0.4, -0.2) is 56.7 Å². The second kappa shape index (κ2) is 9.46. The molecule has 2 N–H and O–H groups in total. The highest BCUT2D eigenvalue weighted by Crippen LogP contribution is 2.44. The molecule has 2 heterocycles. The van der Waals surface area contributed by atoms with Gasteiger partial charge in [-0.2, -0.15) is 0 Å². The van der Waals surface area contributed by atoms with E-state index in [9.17, 15) is 19.5 Å². The summed E-state index contributed by atoms with van der Waals surface area (Å²) in [6.45, 7) is 1.80. The smallest absolute Gasteiger partial charge is 0.407 e. The lowest BCUT2D eigenvalue weighted by atomic mass is 9.98. The van der Waals surface area contributed by atoms with Crippen LogP contribution in [0.4, 0.5) is 4.79 Å². The Morgan fingerprint density at radius 2 is 1.80 bits per heavy atom. The number of rotatable bonds is 6. The van der Waals surface area contributed by atoms with Gasteiger partial charge >= 0.3 is 12.1 Å². The van der Waals surface area contributed by atoms with E-state index in [2.05, 4.69) is 22.4 Å². The summed E-state index contributed by atoms with van der Waals surface area (Å²) in [5, 5.41) is 11.7. The van der Waals surface area contributed by atoms with Crippen LogP contribution in [0.3, 0.4) is 0 Å². The number of nitrogens with zero attached hydrogens (tertiary/aromatic N) is 2. The number of hydrogen-bond acceptors (Lipinski definition) is 7. The topological polar surface area (TPSA) is 122 Å². The van der Waals surface area contributed by atoms with E-state index in [0.29, 0.717) is 5.75 Å². The molecule has 10 heteroatoms. The highest BCUT2D eigenvalue weighted by molar-refractivity contribution is 8.00. The zero-order valence-electron chi connectivity index (χ0n) is 18.8. The van der Waals surface area contributed by atoms with Crippen molar-refractivity contribution in [2.75, 3.05) is 12.4 Å². The Morgan fingerprint density at radius 1 is 1.14 bits per heavy atom. The molecule has 1 saturated heterocycles. The summed E-state index contributed by atoms with van der Waals surface area (Å²) in [6.07, 6.45) is 0.446. The van der Waals surface area contributed by atoms with Gasteiger partial charge in [0.15, 0.2) is 17.8 Å². The molecular formula is C25H23N3O6S. The molecule has 9 nitrogen and oxygen atoms in total. The minimum absolute atomic E-state index is 0.0236. The highest BCUT2D eigenvalue weighted by Gasteiger charge is 2.41. The number of carboxylic acid groups (broad SMARTS) is 1. The first-order valence-electron chi connectivity index (χ1n) is 11.1. The number of ether oxygens (including phenoxy) is 1. The average Bonchev–Trinajstić information content (AvgIpc) is 3.57. The van der Waals surface area contributed by atoms with Gasteiger partial charge in [0.1, 0.15) is 12.6 Å². The SMILES string of the molecule is CC1SCC(C(=O)O)N1C(=O)c1ncoc1CNC(=O)OCC1c2ccccc2-c2ccccc21. The second-order valence-electron chi connectivity index (χ2n) is 8.30. The summed E-state index contributed by atoms with van der Waals surface area (Å²) in [6, 6.07) is 15.2. The van der Waals surface area contributed by atoms with E-state index in [1.807, 2.05) is 36.4 Å². The minimum atomic E-state index is -1.07. The zero-order valence-corrected chi connectivity index (χ0v) is 19.7. The molecule has 3 aromatic rings. The number of carbonyl (C=O) groups excluding carboxylic acids is 2. The van der Waals surface area contributed by atoms with Crippen molar-refractivity contribution in [3.8, 4) is 11.1 Å². The third-order valence-corrected chi connectivity index (χ3v) is 7.54. The second-order valence-corrected chi connectivity index (χ2v) is 9.65. The maximum Gasteiger partial charge on any atom is 0.407 e.